The summed E-state index contributed by atoms with van der Waals surface area (Å²) in [7, 11) is 0. The van der Waals surface area contributed by atoms with Gasteiger partial charge >= 0.3 is 0 Å². The first-order valence-corrected chi connectivity index (χ1v) is 3.47. The second-order valence-electron chi connectivity index (χ2n) is 1.35. The fourth-order valence-electron chi connectivity index (χ4n) is 0.412. The number of thiol groups is 1. The Morgan fingerprint density at radius 3 is 2.30 bits per heavy atom. The summed E-state index contributed by atoms with van der Waals surface area (Å²) in [5.74, 6) is 0. The molecule has 1 N–H and O–H groups in total. The minimum atomic E-state index is 0.553. The average molecular weight is 196 g/mol. The summed E-state index contributed by atoms with van der Waals surface area (Å²) in [6.07, 6.45) is 0. The van der Waals surface area contributed by atoms with E-state index in [0.717, 1.165) is 0 Å². The molecule has 0 saturated carbocycles. The van der Waals surface area contributed by atoms with Gasteiger partial charge in [-0.3, -0.25) is 0 Å². The molecule has 0 heterocycles. The van der Waals surface area contributed by atoms with Crippen molar-refractivity contribution in [3.63, 3.8) is 0 Å². The summed E-state index contributed by atoms with van der Waals surface area (Å²) in [5, 5.41) is 1.20. The van der Waals surface area contributed by atoms with Crippen LogP contribution in [0.15, 0.2) is 18.2 Å². The zero-order chi connectivity index (χ0) is 7.98. The molecule has 0 amide bonds. The van der Waals surface area contributed by atoms with E-state index in [1.54, 1.807) is 18.2 Å². The highest BCUT2D eigenvalue weighted by molar-refractivity contribution is 7.74. The summed E-state index contributed by atoms with van der Waals surface area (Å²) >= 11 is 13.6. The largest absolute Gasteiger partial charge is 0.333 e. The third kappa shape index (κ3) is 4.01. The Morgan fingerprint density at radius 2 is 2.00 bits per heavy atom. The Labute approximate surface area is 75.2 Å². The van der Waals surface area contributed by atoms with Crippen LogP contribution in [0.5, 0.6) is 0 Å². The molecule has 0 aliphatic carbocycles. The lowest BCUT2D eigenvalue weighted by molar-refractivity contribution is 0.679. The van der Waals surface area contributed by atoms with E-state index in [0.29, 0.717) is 10.0 Å². The topological polar surface area (TPSA) is 20.2 Å². The van der Waals surface area contributed by atoms with Crippen LogP contribution in [-0.4, -0.2) is 4.55 Å². The molecule has 0 unspecified atom stereocenters. The van der Waals surface area contributed by atoms with E-state index >= 15 is 0 Å². The first kappa shape index (κ1) is 10.1. The van der Waals surface area contributed by atoms with Crippen LogP contribution >= 0.6 is 36.1 Å². The van der Waals surface area contributed by atoms with Crippen LogP contribution < -0.4 is 0 Å². The molecule has 1 radical (unpaired) electrons. The van der Waals surface area contributed by atoms with Gasteiger partial charge in [-0.15, -0.1) is 0 Å². The smallest absolute Gasteiger partial charge is 0.0499 e. The van der Waals surface area contributed by atoms with E-state index in [1.165, 1.54) is 0 Å². The zero-order valence-corrected chi connectivity index (χ0v) is 7.29. The van der Waals surface area contributed by atoms with Gasteiger partial charge in [0.2, 0.25) is 0 Å². The minimum Gasteiger partial charge on any atom is -0.333 e. The number of hydrogen-bond donors (Lipinski definition) is 2. The summed E-state index contributed by atoms with van der Waals surface area (Å²) in [6, 6.07) is 7.81. The highest BCUT2D eigenvalue weighted by atomic mass is 35.5. The Morgan fingerprint density at radius 1 is 1.40 bits per heavy atom. The summed E-state index contributed by atoms with van der Waals surface area (Å²) in [6.45, 7) is 0. The third-order valence-electron chi connectivity index (χ3n) is 0.728. The van der Waals surface area contributed by atoms with Gasteiger partial charge in [0.15, 0.2) is 0 Å². The molecule has 55 valence electrons. The van der Waals surface area contributed by atoms with Crippen LogP contribution in [0.3, 0.4) is 0 Å². The third-order valence-corrected chi connectivity index (χ3v) is 1.18. The molecule has 1 rings (SSSR count). The summed E-state index contributed by atoms with van der Waals surface area (Å²) in [4.78, 5) is 0. The maximum absolute atomic E-state index is 6.69. The van der Waals surface area contributed by atoms with Crippen molar-refractivity contribution >= 4 is 36.1 Å². The first-order valence-electron chi connectivity index (χ1n) is 2.32. The van der Waals surface area contributed by atoms with Gasteiger partial charge in [0, 0.05) is 16.1 Å². The van der Waals surface area contributed by atoms with Gasteiger partial charge in [-0.2, -0.15) is 0 Å². The summed E-state index contributed by atoms with van der Waals surface area (Å²) < 4.78 is 6.69. The summed E-state index contributed by atoms with van der Waals surface area (Å²) in [5.41, 5.74) is 0. The molecule has 0 aromatic heterocycles. The van der Waals surface area contributed by atoms with E-state index < -0.39 is 0 Å². The van der Waals surface area contributed by atoms with Crippen molar-refractivity contribution in [2.24, 2.45) is 0 Å². The average Bonchev–Trinajstić information content (AvgIpc) is 1.91. The minimum absolute atomic E-state index is 0.553. The standard InChI is InChI=1S/C6H3Cl2.H2OS/c7-5-2-1-3-6(8)4-5;1-2/h1-2,4H;1-2H. The van der Waals surface area contributed by atoms with Gasteiger partial charge in [0.05, 0.1) is 0 Å². The molecule has 0 bridgehead atoms. The second-order valence-corrected chi connectivity index (χ2v) is 2.20. The predicted octanol–water partition coefficient (Wildman–Crippen LogP) is 3.18. The highest BCUT2D eigenvalue weighted by Crippen LogP contribution is 2.13. The SMILES string of the molecule is Clc1[c]ccc(Cl)c1.OS. The van der Waals surface area contributed by atoms with Crippen molar-refractivity contribution in [3.05, 3.63) is 34.3 Å². The molecule has 1 aromatic carbocycles. The molecule has 4 heteroatoms. The van der Waals surface area contributed by atoms with Crippen molar-refractivity contribution < 1.29 is 4.55 Å². The van der Waals surface area contributed by atoms with Crippen molar-refractivity contribution in [1.82, 2.24) is 0 Å². The zero-order valence-electron chi connectivity index (χ0n) is 4.88. The Kier molecular flexibility index (Phi) is 5.93. The molecule has 0 aliphatic rings. The number of benzene rings is 1. The van der Waals surface area contributed by atoms with Crippen molar-refractivity contribution in [3.8, 4) is 0 Å². The Balaban J connectivity index is 0.000000371. The number of halogens is 2. The molecule has 10 heavy (non-hydrogen) atoms. The monoisotopic (exact) mass is 195 g/mol. The van der Waals surface area contributed by atoms with E-state index in [4.69, 9.17) is 27.8 Å². The normalized spacial score (nSPS) is 8.00. The first-order chi connectivity index (χ1) is 4.79. The van der Waals surface area contributed by atoms with Crippen LogP contribution in [0.2, 0.25) is 10.0 Å². The van der Waals surface area contributed by atoms with E-state index in [9.17, 15) is 0 Å². The molecule has 0 fully saturated rings. The van der Waals surface area contributed by atoms with Crippen LogP contribution in [0.4, 0.5) is 0 Å². The molecule has 1 aromatic rings. The fourth-order valence-corrected chi connectivity index (χ4v) is 0.820. The molecule has 0 atom stereocenters. The van der Waals surface area contributed by atoms with Gasteiger partial charge < -0.3 is 4.55 Å². The van der Waals surface area contributed by atoms with Crippen molar-refractivity contribution in [2.75, 3.05) is 0 Å². The molecule has 1 nitrogen and oxygen atoms in total. The predicted molar refractivity (Wildman–Crippen MR) is 46.9 cm³/mol. The van der Waals surface area contributed by atoms with Gasteiger partial charge in [-0.1, -0.05) is 29.3 Å². The van der Waals surface area contributed by atoms with Crippen molar-refractivity contribution in [1.29, 1.82) is 0 Å². The van der Waals surface area contributed by atoms with Crippen LogP contribution in [0.1, 0.15) is 0 Å². The lowest BCUT2D eigenvalue weighted by atomic mass is 10.4. The van der Waals surface area contributed by atoms with E-state index in [-0.39, 0.29) is 0 Å². The number of hydrogen-bond acceptors (Lipinski definition) is 2. The van der Waals surface area contributed by atoms with Gasteiger partial charge in [0.25, 0.3) is 0 Å². The Hall–Kier alpha value is 0.110. The lowest BCUT2D eigenvalue weighted by Crippen LogP contribution is -1.62. The van der Waals surface area contributed by atoms with Gasteiger partial charge in [-0.25, -0.2) is 0 Å². The van der Waals surface area contributed by atoms with E-state index in [2.05, 4.69) is 19.0 Å². The molecule has 0 aliphatic heterocycles. The maximum atomic E-state index is 6.69. The molecular formula is C6H5Cl2OS. The van der Waals surface area contributed by atoms with Crippen LogP contribution in [0, 0.1) is 6.07 Å². The lowest BCUT2D eigenvalue weighted by Gasteiger charge is -1.85. The van der Waals surface area contributed by atoms with Crippen LogP contribution in [-0.2, 0) is 0 Å². The maximum Gasteiger partial charge on any atom is 0.0499 e. The molecule has 0 spiro atoms. The van der Waals surface area contributed by atoms with E-state index in [1.807, 2.05) is 0 Å². The highest BCUT2D eigenvalue weighted by Gasteiger charge is 1.85. The Bertz CT molecular complexity index is 176. The van der Waals surface area contributed by atoms with Crippen LogP contribution in [0.25, 0.3) is 0 Å². The quantitative estimate of drug-likeness (QED) is 0.482. The van der Waals surface area contributed by atoms with Gasteiger partial charge in [-0.05, 0) is 25.0 Å². The fraction of sp³-hybridized carbons (Fsp3) is 0. The number of rotatable bonds is 0. The van der Waals surface area contributed by atoms with Crippen molar-refractivity contribution in [2.45, 2.75) is 0 Å². The second kappa shape index (κ2) is 5.86. The van der Waals surface area contributed by atoms with Gasteiger partial charge in [0.1, 0.15) is 0 Å². The molecule has 0 saturated heterocycles. The molecular weight excluding hydrogens is 191 g/mol.